The van der Waals surface area contributed by atoms with Gasteiger partial charge in [0.15, 0.2) is 11.3 Å². The van der Waals surface area contributed by atoms with Gasteiger partial charge in [-0.3, -0.25) is 0 Å². The molecule has 3 N–H and O–H groups in total. The number of para-hydroxylation sites is 1. The van der Waals surface area contributed by atoms with Gasteiger partial charge in [-0.15, -0.1) is 0 Å². The molecule has 25 heavy (non-hydrogen) atoms. The van der Waals surface area contributed by atoms with Crippen molar-refractivity contribution in [1.82, 2.24) is 10.6 Å². The average Bonchev–Trinajstić information content (AvgIpc) is 3.20. The van der Waals surface area contributed by atoms with Gasteiger partial charge >= 0.3 is 6.03 Å². The van der Waals surface area contributed by atoms with Gasteiger partial charge in [0.1, 0.15) is 5.76 Å². The molecule has 6 nitrogen and oxygen atoms in total. The second kappa shape index (κ2) is 7.78. The van der Waals surface area contributed by atoms with Crippen molar-refractivity contribution in [3.8, 4) is 5.75 Å². The third-order valence-electron chi connectivity index (χ3n) is 4.67. The highest BCUT2D eigenvalue weighted by Crippen LogP contribution is 2.31. The minimum absolute atomic E-state index is 0.219. The average molecular weight is 346 g/mol. The lowest BCUT2D eigenvalue weighted by atomic mass is 10.1. The first kappa shape index (κ1) is 17.6. The Kier molecular flexibility index (Phi) is 5.48. The highest BCUT2D eigenvalue weighted by Gasteiger charge is 2.23. The molecule has 3 rings (SSSR count). The molecule has 3 atom stereocenters. The quantitative estimate of drug-likeness (QED) is 0.749. The Bertz CT molecular complexity index is 727. The molecule has 136 valence electrons. The first-order chi connectivity index (χ1) is 12.1. The molecule has 0 aliphatic heterocycles. The number of carbonyl (C=O) groups is 1. The van der Waals surface area contributed by atoms with Gasteiger partial charge < -0.3 is 24.9 Å². The van der Waals surface area contributed by atoms with Gasteiger partial charge in [-0.05, 0) is 51.2 Å². The van der Waals surface area contributed by atoms with E-state index in [-0.39, 0.29) is 18.2 Å². The summed E-state index contributed by atoms with van der Waals surface area (Å²) in [5.74, 6) is 1.76. The number of nitrogens with one attached hydrogen (secondary N) is 2. The van der Waals surface area contributed by atoms with Crippen LogP contribution in [0.5, 0.6) is 5.75 Å². The van der Waals surface area contributed by atoms with Crippen LogP contribution in [0.2, 0.25) is 0 Å². The Balaban J connectivity index is 1.59. The molecule has 1 aromatic heterocycles. The van der Waals surface area contributed by atoms with Crippen LogP contribution in [0.15, 0.2) is 28.7 Å². The molecule has 1 aliphatic rings. The Labute approximate surface area is 147 Å². The molecule has 0 saturated heterocycles. The van der Waals surface area contributed by atoms with Crippen LogP contribution in [-0.4, -0.2) is 30.4 Å². The number of hydrogen-bond acceptors (Lipinski definition) is 4. The van der Waals surface area contributed by atoms with E-state index in [9.17, 15) is 9.90 Å². The van der Waals surface area contributed by atoms with Crippen molar-refractivity contribution in [2.24, 2.45) is 5.92 Å². The molecule has 2 amide bonds. The molecule has 6 heteroatoms. The Morgan fingerprint density at radius 1 is 1.44 bits per heavy atom. The fraction of sp³-hybridized carbons (Fsp3) is 0.526. The highest BCUT2D eigenvalue weighted by atomic mass is 16.5. The smallest absolute Gasteiger partial charge is 0.315 e. The van der Waals surface area contributed by atoms with E-state index in [1.54, 1.807) is 0 Å². The van der Waals surface area contributed by atoms with Crippen molar-refractivity contribution in [3.05, 3.63) is 30.0 Å². The summed E-state index contributed by atoms with van der Waals surface area (Å²) < 4.78 is 11.5. The number of fused-ring (bicyclic) bond motifs is 1. The van der Waals surface area contributed by atoms with Gasteiger partial charge in [0.05, 0.1) is 18.8 Å². The van der Waals surface area contributed by atoms with Gasteiger partial charge in [-0.1, -0.05) is 12.1 Å². The zero-order valence-corrected chi connectivity index (χ0v) is 14.7. The largest absolute Gasteiger partial charge is 0.490 e. The number of furan rings is 1. The van der Waals surface area contributed by atoms with Crippen molar-refractivity contribution in [3.63, 3.8) is 0 Å². The number of aliphatic hydroxyl groups excluding tert-OH is 1. The molecule has 1 aliphatic carbocycles. The minimum Gasteiger partial charge on any atom is -0.490 e. The lowest BCUT2D eigenvalue weighted by molar-refractivity contribution is 0.177. The summed E-state index contributed by atoms with van der Waals surface area (Å²) >= 11 is 0. The summed E-state index contributed by atoms with van der Waals surface area (Å²) in [7, 11) is 0. The molecule has 1 fully saturated rings. The third-order valence-corrected chi connectivity index (χ3v) is 4.67. The summed E-state index contributed by atoms with van der Waals surface area (Å²) in [6.45, 7) is 4.98. The minimum atomic E-state index is -0.254. The van der Waals surface area contributed by atoms with Crippen LogP contribution >= 0.6 is 0 Å². The Morgan fingerprint density at radius 3 is 3.00 bits per heavy atom. The third kappa shape index (κ3) is 4.25. The molecule has 0 radical (unpaired) electrons. The fourth-order valence-corrected chi connectivity index (χ4v) is 3.33. The number of ether oxygens (including phenoxy) is 1. The monoisotopic (exact) mass is 346 g/mol. The maximum Gasteiger partial charge on any atom is 0.315 e. The normalized spacial score (nSPS) is 21.2. The predicted molar refractivity (Wildman–Crippen MR) is 95.7 cm³/mol. The van der Waals surface area contributed by atoms with Crippen LogP contribution in [0.4, 0.5) is 4.79 Å². The van der Waals surface area contributed by atoms with Gasteiger partial charge in [0.25, 0.3) is 0 Å². The molecular weight excluding hydrogens is 320 g/mol. The zero-order chi connectivity index (χ0) is 17.8. The molecule has 0 spiro atoms. The lowest BCUT2D eigenvalue weighted by Gasteiger charge is -2.15. The van der Waals surface area contributed by atoms with Crippen LogP contribution in [0.3, 0.4) is 0 Å². The number of urea groups is 1. The van der Waals surface area contributed by atoms with Gasteiger partial charge in [0, 0.05) is 11.9 Å². The van der Waals surface area contributed by atoms with E-state index in [0.29, 0.717) is 36.2 Å². The number of aliphatic hydroxyl groups is 1. The maximum atomic E-state index is 12.1. The van der Waals surface area contributed by atoms with Gasteiger partial charge in [-0.25, -0.2) is 4.79 Å². The fourth-order valence-electron chi connectivity index (χ4n) is 3.33. The summed E-state index contributed by atoms with van der Waals surface area (Å²) in [4.78, 5) is 12.1. The predicted octanol–water partition coefficient (Wildman–Crippen LogP) is 3.35. The summed E-state index contributed by atoms with van der Waals surface area (Å²) in [6.07, 6.45) is 2.33. The van der Waals surface area contributed by atoms with E-state index in [1.807, 2.05) is 38.1 Å². The molecule has 0 unspecified atom stereocenters. The SMILES string of the molecule is CCOc1cccc2cc([C@H](C)NC(=O)NC[C@@H]3CC[C@H](O)C3)oc12. The van der Waals surface area contributed by atoms with Gasteiger partial charge in [-0.2, -0.15) is 0 Å². The molecule has 1 heterocycles. The number of amides is 2. The molecular formula is C19H26N2O4. The van der Waals surface area contributed by atoms with Crippen LogP contribution in [0, 0.1) is 5.92 Å². The number of carbonyl (C=O) groups excluding carboxylic acids is 1. The van der Waals surface area contributed by atoms with Gasteiger partial charge in [0.2, 0.25) is 0 Å². The lowest BCUT2D eigenvalue weighted by Crippen LogP contribution is -2.39. The summed E-state index contributed by atoms with van der Waals surface area (Å²) in [6, 6.07) is 7.21. The van der Waals surface area contributed by atoms with E-state index >= 15 is 0 Å². The van der Waals surface area contributed by atoms with Crippen molar-refractivity contribution < 1.29 is 19.1 Å². The maximum absolute atomic E-state index is 12.1. The highest BCUT2D eigenvalue weighted by molar-refractivity contribution is 5.84. The van der Waals surface area contributed by atoms with Crippen molar-refractivity contribution in [2.45, 2.75) is 45.3 Å². The standard InChI is InChI=1S/C19H26N2O4/c1-3-24-16-6-4-5-14-10-17(25-18(14)16)12(2)21-19(23)20-11-13-7-8-15(22)9-13/h4-6,10,12-13,15,22H,3,7-9,11H2,1-2H3,(H2,20,21,23)/t12-,13+,15-/m0/s1. The second-order valence-electron chi connectivity index (χ2n) is 6.67. The van der Waals surface area contributed by atoms with Crippen molar-refractivity contribution in [2.75, 3.05) is 13.2 Å². The van der Waals surface area contributed by atoms with Crippen LogP contribution in [0.1, 0.15) is 44.9 Å². The van der Waals surface area contributed by atoms with E-state index < -0.39 is 0 Å². The summed E-state index contributed by atoms with van der Waals surface area (Å²) in [5, 5.41) is 16.3. The number of benzene rings is 1. The first-order valence-electron chi connectivity index (χ1n) is 8.94. The Hall–Kier alpha value is -2.21. The molecule has 1 saturated carbocycles. The summed E-state index contributed by atoms with van der Waals surface area (Å²) in [5.41, 5.74) is 0.702. The number of hydrogen-bond donors (Lipinski definition) is 3. The van der Waals surface area contributed by atoms with Crippen LogP contribution < -0.4 is 15.4 Å². The molecule has 1 aromatic carbocycles. The Morgan fingerprint density at radius 2 is 2.28 bits per heavy atom. The topological polar surface area (TPSA) is 83.7 Å². The second-order valence-corrected chi connectivity index (χ2v) is 6.67. The van der Waals surface area contributed by atoms with E-state index in [1.165, 1.54) is 0 Å². The zero-order valence-electron chi connectivity index (χ0n) is 14.7. The number of rotatable bonds is 6. The van der Waals surface area contributed by atoms with E-state index in [2.05, 4.69) is 10.6 Å². The van der Waals surface area contributed by atoms with E-state index in [0.717, 1.165) is 24.6 Å². The first-order valence-corrected chi connectivity index (χ1v) is 8.94. The van der Waals surface area contributed by atoms with Crippen molar-refractivity contribution in [1.29, 1.82) is 0 Å². The van der Waals surface area contributed by atoms with E-state index in [4.69, 9.17) is 9.15 Å². The van der Waals surface area contributed by atoms with Crippen molar-refractivity contribution >= 4 is 17.0 Å². The van der Waals surface area contributed by atoms with Crippen LogP contribution in [-0.2, 0) is 0 Å². The molecule has 0 bridgehead atoms. The molecule has 2 aromatic rings. The van der Waals surface area contributed by atoms with Crippen LogP contribution in [0.25, 0.3) is 11.0 Å².